The van der Waals surface area contributed by atoms with Crippen LogP contribution in [0.1, 0.15) is 34.0 Å². The molecule has 3 rings (SSSR count). The second-order valence-electron chi connectivity index (χ2n) is 7.84. The van der Waals surface area contributed by atoms with Gasteiger partial charge in [0, 0.05) is 30.8 Å². The molecule has 0 bridgehead atoms. The van der Waals surface area contributed by atoms with Crippen molar-refractivity contribution in [3.8, 4) is 11.8 Å². The molecule has 0 aromatic heterocycles. The Morgan fingerprint density at radius 1 is 1.12 bits per heavy atom. The molecule has 2 aromatic rings. The molecule has 0 unspecified atom stereocenters. The van der Waals surface area contributed by atoms with Crippen LogP contribution in [0.3, 0.4) is 0 Å². The highest BCUT2D eigenvalue weighted by Crippen LogP contribution is 2.10. The monoisotopic (exact) mass is 448 g/mol. The van der Waals surface area contributed by atoms with Crippen molar-refractivity contribution in [3.63, 3.8) is 0 Å². The number of nitrogens with zero attached hydrogens (tertiary/aromatic N) is 1. The number of amides is 1. The summed E-state index contributed by atoms with van der Waals surface area (Å²) in [4.78, 5) is 25.7. The van der Waals surface area contributed by atoms with E-state index in [1.807, 2.05) is 6.08 Å². The van der Waals surface area contributed by atoms with Gasteiger partial charge in [-0.3, -0.25) is 9.69 Å². The second kappa shape index (κ2) is 12.0. The molecule has 1 aliphatic heterocycles. The van der Waals surface area contributed by atoms with Crippen LogP contribution in [0.25, 0.3) is 6.08 Å². The molecule has 1 amide bonds. The summed E-state index contributed by atoms with van der Waals surface area (Å²) in [7, 11) is 0. The molecule has 0 radical (unpaired) electrons. The minimum atomic E-state index is -1.37. The first-order valence-electron chi connectivity index (χ1n) is 10.8. The molecule has 2 atom stereocenters. The quantitative estimate of drug-likeness (QED) is 0.562. The van der Waals surface area contributed by atoms with Gasteiger partial charge < -0.3 is 20.3 Å². The highest BCUT2D eigenvalue weighted by Gasteiger charge is 2.25. The number of allylic oxidation sites excluding steroid dienone is 1. The van der Waals surface area contributed by atoms with Gasteiger partial charge in [-0.2, -0.15) is 0 Å². The third-order valence-electron chi connectivity index (χ3n) is 5.25. The molecular weight excluding hydrogens is 420 g/mol. The summed E-state index contributed by atoms with van der Waals surface area (Å²) in [6.07, 6.45) is 2.51. The molecule has 2 aromatic carbocycles. The molecule has 1 aliphatic rings. The minimum Gasteiger partial charge on any atom is -0.480 e. The van der Waals surface area contributed by atoms with Crippen LogP contribution in [-0.2, 0) is 16.1 Å². The lowest BCUT2D eigenvalue weighted by Gasteiger charge is -2.26. The van der Waals surface area contributed by atoms with Crippen molar-refractivity contribution < 1.29 is 24.5 Å². The smallest absolute Gasteiger partial charge is 0.328 e. The fraction of sp³-hybridized carbons (Fsp3) is 0.308. The van der Waals surface area contributed by atoms with Crippen molar-refractivity contribution in [2.24, 2.45) is 0 Å². The normalized spacial score (nSPS) is 15.9. The van der Waals surface area contributed by atoms with Gasteiger partial charge in [-0.15, -0.1) is 0 Å². The number of carbonyl (C=O) groups excluding carboxylic acids is 1. The average molecular weight is 449 g/mol. The average Bonchev–Trinajstić information content (AvgIpc) is 2.82. The molecule has 1 heterocycles. The van der Waals surface area contributed by atoms with Gasteiger partial charge >= 0.3 is 5.97 Å². The van der Waals surface area contributed by atoms with Crippen molar-refractivity contribution in [3.05, 3.63) is 76.9 Å². The lowest BCUT2D eigenvalue weighted by Crippen LogP contribution is -2.47. The van der Waals surface area contributed by atoms with E-state index in [0.717, 1.165) is 44.0 Å². The van der Waals surface area contributed by atoms with Crippen molar-refractivity contribution in [2.45, 2.75) is 25.6 Å². The number of benzene rings is 2. The minimum absolute atomic E-state index is 0.292. The Balaban J connectivity index is 1.52. The molecule has 7 nitrogen and oxygen atoms in total. The number of aliphatic hydroxyl groups excluding tert-OH is 1. The lowest BCUT2D eigenvalue weighted by atomic mass is 10.1. The summed E-state index contributed by atoms with van der Waals surface area (Å²) >= 11 is 0. The predicted molar refractivity (Wildman–Crippen MR) is 125 cm³/mol. The Bertz CT molecular complexity index is 1030. The molecule has 3 N–H and O–H groups in total. The van der Waals surface area contributed by atoms with Gasteiger partial charge in [-0.25, -0.2) is 4.79 Å². The number of rotatable bonds is 7. The van der Waals surface area contributed by atoms with E-state index in [0.29, 0.717) is 5.56 Å². The summed E-state index contributed by atoms with van der Waals surface area (Å²) in [6, 6.07) is 13.5. The van der Waals surface area contributed by atoms with Crippen LogP contribution in [0.5, 0.6) is 0 Å². The molecule has 1 saturated heterocycles. The molecule has 0 saturated carbocycles. The van der Waals surface area contributed by atoms with Crippen LogP contribution in [0, 0.1) is 11.8 Å². The number of hydrogen-bond donors (Lipinski definition) is 3. The summed E-state index contributed by atoms with van der Waals surface area (Å²) in [5, 5.41) is 20.8. The lowest BCUT2D eigenvalue weighted by molar-refractivity contribution is -0.141. The number of aliphatic carboxylic acids is 1. The first-order valence-corrected chi connectivity index (χ1v) is 10.8. The van der Waals surface area contributed by atoms with Crippen molar-refractivity contribution in [1.29, 1.82) is 0 Å². The third-order valence-corrected chi connectivity index (χ3v) is 5.25. The van der Waals surface area contributed by atoms with Gasteiger partial charge in [0.1, 0.15) is 0 Å². The van der Waals surface area contributed by atoms with Crippen LogP contribution < -0.4 is 5.32 Å². The van der Waals surface area contributed by atoms with E-state index in [9.17, 15) is 14.7 Å². The maximum absolute atomic E-state index is 12.2. The Hall–Kier alpha value is -3.44. The van der Waals surface area contributed by atoms with Crippen molar-refractivity contribution >= 4 is 18.0 Å². The van der Waals surface area contributed by atoms with Gasteiger partial charge in [0.15, 0.2) is 6.04 Å². The highest BCUT2D eigenvalue weighted by atomic mass is 16.5. The number of carboxylic acids is 1. The number of aliphatic hydroxyl groups is 1. The second-order valence-corrected chi connectivity index (χ2v) is 7.84. The number of carbonyl (C=O) groups is 2. The van der Waals surface area contributed by atoms with E-state index in [2.05, 4.69) is 46.3 Å². The summed E-state index contributed by atoms with van der Waals surface area (Å²) < 4.78 is 5.38. The zero-order valence-electron chi connectivity index (χ0n) is 18.5. The topological polar surface area (TPSA) is 99.1 Å². The van der Waals surface area contributed by atoms with Gasteiger partial charge in [-0.1, -0.05) is 36.1 Å². The molecule has 0 aliphatic carbocycles. The summed E-state index contributed by atoms with van der Waals surface area (Å²) in [5.74, 6) is 4.12. The largest absolute Gasteiger partial charge is 0.480 e. The Kier molecular flexibility index (Phi) is 8.79. The van der Waals surface area contributed by atoms with E-state index in [1.165, 1.54) is 12.5 Å². The maximum Gasteiger partial charge on any atom is 0.328 e. The van der Waals surface area contributed by atoms with Gasteiger partial charge in [0.05, 0.1) is 19.3 Å². The predicted octanol–water partition coefficient (Wildman–Crippen LogP) is 2.15. The van der Waals surface area contributed by atoms with Gasteiger partial charge in [0.25, 0.3) is 5.91 Å². The molecule has 33 heavy (non-hydrogen) atoms. The Labute approximate surface area is 193 Å². The van der Waals surface area contributed by atoms with Crippen LogP contribution >= 0.6 is 0 Å². The van der Waals surface area contributed by atoms with Crippen LogP contribution in [0.15, 0.2) is 54.6 Å². The number of hydrogen-bond acceptors (Lipinski definition) is 5. The summed E-state index contributed by atoms with van der Waals surface area (Å²) in [5.41, 5.74) is 3.35. The molecule has 172 valence electrons. The zero-order valence-corrected chi connectivity index (χ0v) is 18.5. The first kappa shape index (κ1) is 24.2. The van der Waals surface area contributed by atoms with Gasteiger partial charge in [-0.05, 0) is 54.5 Å². The van der Waals surface area contributed by atoms with Gasteiger partial charge in [0.2, 0.25) is 0 Å². The highest BCUT2D eigenvalue weighted by molar-refractivity contribution is 5.96. The van der Waals surface area contributed by atoms with E-state index in [4.69, 9.17) is 9.84 Å². The fourth-order valence-electron chi connectivity index (χ4n) is 3.33. The van der Waals surface area contributed by atoms with Crippen molar-refractivity contribution in [2.75, 3.05) is 26.3 Å². The van der Waals surface area contributed by atoms with Crippen LogP contribution in [0.4, 0.5) is 0 Å². The fourth-order valence-corrected chi connectivity index (χ4v) is 3.33. The maximum atomic E-state index is 12.2. The van der Waals surface area contributed by atoms with Crippen LogP contribution in [0.2, 0.25) is 0 Å². The number of ether oxygens (including phenoxy) is 1. The Morgan fingerprint density at radius 3 is 2.39 bits per heavy atom. The van der Waals surface area contributed by atoms with E-state index in [1.54, 1.807) is 30.3 Å². The zero-order chi connectivity index (χ0) is 23.6. The molecule has 7 heteroatoms. The molecule has 0 spiro atoms. The number of nitrogens with one attached hydrogen (secondary N) is 1. The standard InChI is InChI=1S/C26H28N2O5/c1-19(29)24(26(31)32)27-25(30)23-12-10-21(11-13-23)5-3-2-4-20-6-8-22(9-7-20)18-28-14-16-33-17-15-28/h2,4,6-13,19,24,29H,14-18H2,1H3,(H,27,30)(H,31,32)/b4-2+/t19-,24+/m1/s1. The van der Waals surface area contributed by atoms with Crippen LogP contribution in [-0.4, -0.2) is 65.4 Å². The van der Waals surface area contributed by atoms with E-state index < -0.39 is 24.0 Å². The SMILES string of the molecule is C[C@@H](O)[C@H](NC(=O)c1ccc(C#C/C=C/c2ccc(CN3CCOCC3)cc2)cc1)C(=O)O. The van der Waals surface area contributed by atoms with E-state index in [-0.39, 0.29) is 0 Å². The third kappa shape index (κ3) is 7.58. The van der Waals surface area contributed by atoms with Crippen molar-refractivity contribution in [1.82, 2.24) is 10.2 Å². The number of carboxylic acid groups (broad SMARTS) is 1. The first-order chi connectivity index (χ1) is 15.9. The molecular formula is C26H28N2O5. The van der Waals surface area contributed by atoms with E-state index >= 15 is 0 Å². The summed E-state index contributed by atoms with van der Waals surface area (Å²) in [6.45, 7) is 5.76. The number of morpholine rings is 1. The Morgan fingerprint density at radius 2 is 1.79 bits per heavy atom. The molecule has 1 fully saturated rings.